The summed E-state index contributed by atoms with van der Waals surface area (Å²) in [7, 11) is 1.42. The predicted octanol–water partition coefficient (Wildman–Crippen LogP) is 4.54. The van der Waals surface area contributed by atoms with Crippen LogP contribution < -0.4 is 4.74 Å². The fourth-order valence-corrected chi connectivity index (χ4v) is 3.69. The van der Waals surface area contributed by atoms with E-state index in [0.29, 0.717) is 15.6 Å². The molecule has 0 aliphatic carbocycles. The normalized spacial score (nSPS) is 15.8. The van der Waals surface area contributed by atoms with Gasteiger partial charge in [-0.3, -0.25) is 14.5 Å². The summed E-state index contributed by atoms with van der Waals surface area (Å²) in [6, 6.07) is 8.81. The fraction of sp³-hybridized carbons (Fsp3) is 0.111. The van der Waals surface area contributed by atoms with Crippen LogP contribution in [0.1, 0.15) is 11.1 Å². The minimum atomic E-state index is -0.424. The summed E-state index contributed by atoms with van der Waals surface area (Å²) < 4.78 is 18.5. The first-order valence-electron chi connectivity index (χ1n) is 7.45. The number of halogens is 2. The third-order valence-electron chi connectivity index (χ3n) is 3.70. The van der Waals surface area contributed by atoms with Crippen molar-refractivity contribution in [3.8, 4) is 11.5 Å². The van der Waals surface area contributed by atoms with E-state index in [1.807, 2.05) is 0 Å². The molecular formula is C18H13BrFNO4S. The molecule has 5 nitrogen and oxygen atoms in total. The van der Waals surface area contributed by atoms with Crippen molar-refractivity contribution >= 4 is 44.9 Å². The van der Waals surface area contributed by atoms with E-state index in [1.54, 1.807) is 18.2 Å². The molecule has 26 heavy (non-hydrogen) atoms. The van der Waals surface area contributed by atoms with Gasteiger partial charge in [-0.15, -0.1) is 0 Å². The Morgan fingerprint density at radius 3 is 2.62 bits per heavy atom. The number of rotatable bonds is 4. The monoisotopic (exact) mass is 437 g/mol. The van der Waals surface area contributed by atoms with E-state index in [4.69, 9.17) is 4.74 Å². The average molecular weight is 438 g/mol. The second kappa shape index (κ2) is 7.51. The van der Waals surface area contributed by atoms with Gasteiger partial charge < -0.3 is 9.84 Å². The summed E-state index contributed by atoms with van der Waals surface area (Å²) in [6.07, 6.45) is 1.56. The number of amides is 2. The second-order valence-electron chi connectivity index (χ2n) is 5.45. The fourth-order valence-electron chi connectivity index (χ4n) is 2.39. The Morgan fingerprint density at radius 2 is 1.96 bits per heavy atom. The Hall–Kier alpha value is -2.32. The van der Waals surface area contributed by atoms with E-state index >= 15 is 0 Å². The number of hydrogen-bond acceptors (Lipinski definition) is 5. The Balaban J connectivity index is 1.85. The molecule has 134 valence electrons. The number of carbonyl (C=O) groups excluding carboxylic acids is 2. The smallest absolute Gasteiger partial charge is 0.293 e. The van der Waals surface area contributed by atoms with Crippen LogP contribution in [-0.2, 0) is 11.3 Å². The summed E-state index contributed by atoms with van der Waals surface area (Å²) >= 11 is 4.05. The van der Waals surface area contributed by atoms with Crippen LogP contribution in [0.25, 0.3) is 6.08 Å². The molecule has 1 N–H and O–H groups in total. The zero-order valence-electron chi connectivity index (χ0n) is 13.5. The van der Waals surface area contributed by atoms with Gasteiger partial charge in [-0.1, -0.05) is 12.1 Å². The van der Waals surface area contributed by atoms with Gasteiger partial charge in [0.2, 0.25) is 0 Å². The quantitative estimate of drug-likeness (QED) is 0.711. The number of benzene rings is 2. The Morgan fingerprint density at radius 1 is 1.27 bits per heavy atom. The number of phenols is 1. The van der Waals surface area contributed by atoms with Crippen LogP contribution in [0.3, 0.4) is 0 Å². The maximum Gasteiger partial charge on any atom is 0.293 e. The highest BCUT2D eigenvalue weighted by Gasteiger charge is 2.35. The van der Waals surface area contributed by atoms with Gasteiger partial charge in [0.25, 0.3) is 11.1 Å². The zero-order chi connectivity index (χ0) is 18.8. The standard InChI is InChI=1S/C18H13BrFNO4S/c1-25-14-7-11(6-13(19)16(14)22)8-15-17(23)21(18(24)26-15)9-10-2-4-12(20)5-3-10/h2-8,22H,9H2,1H3/b15-8-. The minimum absolute atomic E-state index is 0.0472. The van der Waals surface area contributed by atoms with Gasteiger partial charge in [0.05, 0.1) is 23.0 Å². The first-order chi connectivity index (χ1) is 12.4. The van der Waals surface area contributed by atoms with Crippen LogP contribution in [0.4, 0.5) is 9.18 Å². The molecule has 8 heteroatoms. The van der Waals surface area contributed by atoms with Gasteiger partial charge in [0.1, 0.15) is 5.82 Å². The van der Waals surface area contributed by atoms with Crippen molar-refractivity contribution in [3.63, 3.8) is 0 Å². The van der Waals surface area contributed by atoms with Crippen LogP contribution >= 0.6 is 27.7 Å². The van der Waals surface area contributed by atoms with E-state index in [1.165, 1.54) is 31.4 Å². The molecular weight excluding hydrogens is 425 g/mol. The summed E-state index contributed by atoms with van der Waals surface area (Å²) in [5.74, 6) is -0.604. The molecule has 0 unspecified atom stereocenters. The molecule has 3 rings (SSSR count). The number of carbonyl (C=O) groups is 2. The summed E-state index contributed by atoms with van der Waals surface area (Å²) in [4.78, 5) is 26.1. The van der Waals surface area contributed by atoms with Gasteiger partial charge >= 0.3 is 0 Å². The topological polar surface area (TPSA) is 66.8 Å². The SMILES string of the molecule is COc1cc(/C=C2\SC(=O)N(Cc3ccc(F)cc3)C2=O)cc(Br)c1O. The molecule has 2 aromatic carbocycles. The second-order valence-corrected chi connectivity index (χ2v) is 7.30. The third kappa shape index (κ3) is 3.76. The van der Waals surface area contributed by atoms with Crippen molar-refractivity contribution in [2.24, 2.45) is 0 Å². The molecule has 1 saturated heterocycles. The first kappa shape index (κ1) is 18.5. The van der Waals surface area contributed by atoms with Crippen molar-refractivity contribution in [1.82, 2.24) is 4.90 Å². The van der Waals surface area contributed by atoms with Crippen LogP contribution in [0.5, 0.6) is 11.5 Å². The van der Waals surface area contributed by atoms with Crippen LogP contribution in [-0.4, -0.2) is 28.3 Å². The molecule has 0 saturated carbocycles. The molecule has 2 amide bonds. The van der Waals surface area contributed by atoms with Crippen LogP contribution in [0.2, 0.25) is 0 Å². The molecule has 0 atom stereocenters. The van der Waals surface area contributed by atoms with E-state index in [0.717, 1.165) is 16.7 Å². The summed E-state index contributed by atoms with van der Waals surface area (Å²) in [5.41, 5.74) is 1.25. The number of nitrogens with zero attached hydrogens (tertiary/aromatic N) is 1. The third-order valence-corrected chi connectivity index (χ3v) is 5.21. The highest BCUT2D eigenvalue weighted by Crippen LogP contribution is 2.38. The average Bonchev–Trinajstić information content (AvgIpc) is 2.87. The van der Waals surface area contributed by atoms with Gasteiger partial charge in [0.15, 0.2) is 11.5 Å². The molecule has 2 aromatic rings. The lowest BCUT2D eigenvalue weighted by atomic mass is 10.1. The summed E-state index contributed by atoms with van der Waals surface area (Å²) in [6.45, 7) is 0.0743. The molecule has 1 aliphatic heterocycles. The lowest BCUT2D eigenvalue weighted by Gasteiger charge is -2.12. The van der Waals surface area contributed by atoms with E-state index in [-0.39, 0.29) is 28.8 Å². The van der Waals surface area contributed by atoms with Crippen molar-refractivity contribution in [2.75, 3.05) is 7.11 Å². The van der Waals surface area contributed by atoms with Crippen LogP contribution in [0, 0.1) is 5.82 Å². The number of phenolic OH excluding ortho intramolecular Hbond substituents is 1. The molecule has 0 spiro atoms. The Bertz CT molecular complexity index is 914. The number of ether oxygens (including phenoxy) is 1. The number of thioether (sulfide) groups is 1. The van der Waals surface area contributed by atoms with Gasteiger partial charge in [-0.2, -0.15) is 0 Å². The predicted molar refractivity (Wildman–Crippen MR) is 100 cm³/mol. The van der Waals surface area contributed by atoms with Gasteiger partial charge in [0, 0.05) is 0 Å². The maximum absolute atomic E-state index is 13.0. The zero-order valence-corrected chi connectivity index (χ0v) is 15.9. The molecule has 1 heterocycles. The molecule has 1 fully saturated rings. The number of imide groups is 1. The van der Waals surface area contributed by atoms with Crippen molar-refractivity contribution < 1.29 is 23.8 Å². The van der Waals surface area contributed by atoms with Crippen molar-refractivity contribution in [2.45, 2.75) is 6.54 Å². The molecule has 0 bridgehead atoms. The molecule has 0 aromatic heterocycles. The number of hydrogen-bond donors (Lipinski definition) is 1. The Kier molecular flexibility index (Phi) is 5.33. The first-order valence-corrected chi connectivity index (χ1v) is 9.06. The largest absolute Gasteiger partial charge is 0.503 e. The lowest BCUT2D eigenvalue weighted by molar-refractivity contribution is -0.123. The molecule has 1 aliphatic rings. The lowest BCUT2D eigenvalue weighted by Crippen LogP contribution is -2.27. The number of methoxy groups -OCH3 is 1. The van der Waals surface area contributed by atoms with Crippen molar-refractivity contribution in [1.29, 1.82) is 0 Å². The van der Waals surface area contributed by atoms with E-state index < -0.39 is 11.1 Å². The van der Waals surface area contributed by atoms with Gasteiger partial charge in [-0.05, 0) is 69.2 Å². The summed E-state index contributed by atoms with van der Waals surface area (Å²) in [5, 5.41) is 9.46. The molecule has 0 radical (unpaired) electrons. The van der Waals surface area contributed by atoms with E-state index in [9.17, 15) is 19.1 Å². The Labute approximate surface area is 161 Å². The maximum atomic E-state index is 13.0. The number of aromatic hydroxyl groups is 1. The van der Waals surface area contributed by atoms with Gasteiger partial charge in [-0.25, -0.2) is 4.39 Å². The highest BCUT2D eigenvalue weighted by atomic mass is 79.9. The van der Waals surface area contributed by atoms with E-state index in [2.05, 4.69) is 15.9 Å². The van der Waals surface area contributed by atoms with Crippen LogP contribution in [0.15, 0.2) is 45.8 Å². The highest BCUT2D eigenvalue weighted by molar-refractivity contribution is 9.10. The minimum Gasteiger partial charge on any atom is -0.503 e. The van der Waals surface area contributed by atoms with Crippen molar-refractivity contribution in [3.05, 3.63) is 62.7 Å².